The molecule has 0 bridgehead atoms. The van der Waals surface area contributed by atoms with Crippen LogP contribution in [0.5, 0.6) is 0 Å². The van der Waals surface area contributed by atoms with E-state index >= 15 is 0 Å². The molecule has 1 heterocycles. The molecule has 1 aromatic heterocycles. The van der Waals surface area contributed by atoms with Gasteiger partial charge in [-0.3, -0.25) is 0 Å². The van der Waals surface area contributed by atoms with Gasteiger partial charge in [-0.2, -0.15) is 0 Å². The van der Waals surface area contributed by atoms with Gasteiger partial charge in [-0.25, -0.2) is 9.07 Å². The second-order valence-electron chi connectivity index (χ2n) is 6.92. The molecule has 0 radical (unpaired) electrons. The maximum absolute atomic E-state index is 13.0. The number of nitrogen functional groups attached to an aromatic ring is 1. The van der Waals surface area contributed by atoms with Crippen LogP contribution in [0.1, 0.15) is 31.9 Å². The van der Waals surface area contributed by atoms with Crippen LogP contribution in [0.25, 0.3) is 11.4 Å². The van der Waals surface area contributed by atoms with Gasteiger partial charge in [-0.15, -0.1) is 10.2 Å². The molecule has 25 heavy (non-hydrogen) atoms. The topological polar surface area (TPSA) is 56.7 Å². The van der Waals surface area contributed by atoms with Gasteiger partial charge in [0.15, 0.2) is 5.82 Å². The SMILES string of the molecule is CC(C)(C)c1ccc(-c2nnc(SCc3ccc(F)cc3)n2N)cc1. The summed E-state index contributed by atoms with van der Waals surface area (Å²) in [6.07, 6.45) is 0. The molecule has 3 aromatic rings. The third-order valence-corrected chi connectivity index (χ3v) is 4.97. The van der Waals surface area contributed by atoms with Crippen molar-refractivity contribution in [3.8, 4) is 11.4 Å². The quantitative estimate of drug-likeness (QED) is 0.556. The predicted octanol–water partition coefficient (Wildman–Crippen LogP) is 4.39. The maximum atomic E-state index is 13.0. The van der Waals surface area contributed by atoms with Gasteiger partial charge < -0.3 is 5.84 Å². The number of aromatic nitrogens is 3. The van der Waals surface area contributed by atoms with Crippen molar-refractivity contribution in [2.45, 2.75) is 37.1 Å². The van der Waals surface area contributed by atoms with Crippen LogP contribution in [0.3, 0.4) is 0 Å². The molecule has 130 valence electrons. The lowest BCUT2D eigenvalue weighted by atomic mass is 9.87. The van der Waals surface area contributed by atoms with Crippen molar-refractivity contribution in [3.05, 3.63) is 65.5 Å². The summed E-state index contributed by atoms with van der Waals surface area (Å²) in [4.78, 5) is 0. The van der Waals surface area contributed by atoms with Crippen LogP contribution in [0.4, 0.5) is 4.39 Å². The highest BCUT2D eigenvalue weighted by Gasteiger charge is 2.16. The van der Waals surface area contributed by atoms with Crippen molar-refractivity contribution in [2.75, 3.05) is 5.84 Å². The van der Waals surface area contributed by atoms with E-state index in [0.717, 1.165) is 11.1 Å². The Morgan fingerprint density at radius 2 is 1.64 bits per heavy atom. The summed E-state index contributed by atoms with van der Waals surface area (Å²) in [5.41, 5.74) is 3.29. The third-order valence-electron chi connectivity index (χ3n) is 3.95. The van der Waals surface area contributed by atoms with Crippen LogP contribution in [-0.2, 0) is 11.2 Å². The van der Waals surface area contributed by atoms with Gasteiger partial charge in [0.05, 0.1) is 0 Å². The van der Waals surface area contributed by atoms with Crippen LogP contribution in [0.2, 0.25) is 0 Å². The summed E-state index contributed by atoms with van der Waals surface area (Å²) in [6.45, 7) is 6.53. The molecule has 0 saturated carbocycles. The Morgan fingerprint density at radius 1 is 1.00 bits per heavy atom. The number of thioether (sulfide) groups is 1. The van der Waals surface area contributed by atoms with E-state index in [0.29, 0.717) is 16.7 Å². The average Bonchev–Trinajstić information content (AvgIpc) is 2.94. The van der Waals surface area contributed by atoms with Crippen molar-refractivity contribution in [3.63, 3.8) is 0 Å². The maximum Gasteiger partial charge on any atom is 0.210 e. The Morgan fingerprint density at radius 3 is 2.24 bits per heavy atom. The van der Waals surface area contributed by atoms with E-state index < -0.39 is 0 Å². The number of nitrogens with zero attached hydrogens (tertiary/aromatic N) is 3. The van der Waals surface area contributed by atoms with Gasteiger partial charge in [0.1, 0.15) is 5.82 Å². The lowest BCUT2D eigenvalue weighted by molar-refractivity contribution is 0.590. The molecule has 0 aliphatic heterocycles. The fourth-order valence-electron chi connectivity index (χ4n) is 2.42. The Labute approximate surface area is 151 Å². The summed E-state index contributed by atoms with van der Waals surface area (Å²) in [5.74, 6) is 7.20. The number of hydrogen-bond donors (Lipinski definition) is 1. The zero-order valence-electron chi connectivity index (χ0n) is 14.5. The third kappa shape index (κ3) is 4.02. The first kappa shape index (κ1) is 17.5. The first-order chi connectivity index (χ1) is 11.8. The fraction of sp³-hybridized carbons (Fsp3) is 0.263. The van der Waals surface area contributed by atoms with Crippen LogP contribution < -0.4 is 5.84 Å². The Kier molecular flexibility index (Phi) is 4.81. The van der Waals surface area contributed by atoms with Crippen LogP contribution in [-0.4, -0.2) is 14.9 Å². The Hall–Kier alpha value is -2.34. The molecule has 2 N–H and O–H groups in total. The van der Waals surface area contributed by atoms with E-state index in [1.165, 1.54) is 34.1 Å². The van der Waals surface area contributed by atoms with Gasteiger partial charge >= 0.3 is 0 Å². The number of rotatable bonds is 4. The summed E-state index contributed by atoms with van der Waals surface area (Å²) < 4.78 is 14.5. The molecule has 0 saturated heterocycles. The highest BCUT2D eigenvalue weighted by Crippen LogP contribution is 2.27. The summed E-state index contributed by atoms with van der Waals surface area (Å²) in [7, 11) is 0. The summed E-state index contributed by atoms with van der Waals surface area (Å²) >= 11 is 1.47. The first-order valence-electron chi connectivity index (χ1n) is 8.03. The molecule has 0 aliphatic rings. The zero-order chi connectivity index (χ0) is 18.0. The minimum absolute atomic E-state index is 0.102. The van der Waals surface area contributed by atoms with E-state index in [2.05, 4.69) is 43.1 Å². The Bertz CT molecular complexity index is 849. The minimum atomic E-state index is -0.239. The van der Waals surface area contributed by atoms with Gasteiger partial charge in [0.25, 0.3) is 0 Å². The van der Waals surface area contributed by atoms with Gasteiger partial charge in [0, 0.05) is 11.3 Å². The minimum Gasteiger partial charge on any atom is -0.335 e. The number of halogens is 1. The molecule has 6 heteroatoms. The molecule has 0 amide bonds. The van der Waals surface area contributed by atoms with Gasteiger partial charge in [0.2, 0.25) is 5.16 Å². The van der Waals surface area contributed by atoms with Crippen molar-refractivity contribution >= 4 is 11.8 Å². The zero-order valence-corrected chi connectivity index (χ0v) is 15.3. The van der Waals surface area contributed by atoms with E-state index in [-0.39, 0.29) is 11.2 Å². The molecular weight excluding hydrogens is 335 g/mol. The second-order valence-corrected chi connectivity index (χ2v) is 7.86. The van der Waals surface area contributed by atoms with Crippen molar-refractivity contribution in [1.29, 1.82) is 0 Å². The lowest BCUT2D eigenvalue weighted by Gasteiger charge is -2.19. The highest BCUT2D eigenvalue weighted by molar-refractivity contribution is 7.98. The first-order valence-corrected chi connectivity index (χ1v) is 9.02. The molecule has 4 nitrogen and oxygen atoms in total. The van der Waals surface area contributed by atoms with E-state index in [9.17, 15) is 4.39 Å². The van der Waals surface area contributed by atoms with E-state index in [4.69, 9.17) is 5.84 Å². The van der Waals surface area contributed by atoms with E-state index in [1.54, 1.807) is 12.1 Å². The molecule has 2 aromatic carbocycles. The Balaban J connectivity index is 1.75. The van der Waals surface area contributed by atoms with Crippen LogP contribution in [0, 0.1) is 5.82 Å². The molecule has 0 aliphatic carbocycles. The standard InChI is InChI=1S/C19H21FN4S/c1-19(2,3)15-8-6-14(7-9-15)17-22-23-18(24(17)21)25-12-13-4-10-16(20)11-5-13/h4-11H,12,21H2,1-3H3. The number of benzene rings is 2. The van der Waals surface area contributed by atoms with Crippen LogP contribution in [0.15, 0.2) is 53.7 Å². The van der Waals surface area contributed by atoms with Crippen molar-refractivity contribution < 1.29 is 4.39 Å². The molecule has 0 unspecified atom stereocenters. The molecule has 0 atom stereocenters. The highest BCUT2D eigenvalue weighted by atomic mass is 32.2. The van der Waals surface area contributed by atoms with Gasteiger partial charge in [-0.1, -0.05) is 68.9 Å². The fourth-order valence-corrected chi connectivity index (χ4v) is 3.23. The molecule has 3 rings (SSSR count). The van der Waals surface area contributed by atoms with Gasteiger partial charge in [-0.05, 0) is 28.7 Å². The predicted molar refractivity (Wildman–Crippen MR) is 100 cm³/mol. The second kappa shape index (κ2) is 6.88. The van der Waals surface area contributed by atoms with E-state index in [1.807, 2.05) is 12.1 Å². The molecule has 0 spiro atoms. The smallest absolute Gasteiger partial charge is 0.210 e. The van der Waals surface area contributed by atoms with Crippen molar-refractivity contribution in [1.82, 2.24) is 14.9 Å². The van der Waals surface area contributed by atoms with Crippen LogP contribution >= 0.6 is 11.8 Å². The normalized spacial score (nSPS) is 11.7. The monoisotopic (exact) mass is 356 g/mol. The number of hydrogen-bond acceptors (Lipinski definition) is 4. The lowest BCUT2D eigenvalue weighted by Crippen LogP contribution is -2.12. The average molecular weight is 356 g/mol. The summed E-state index contributed by atoms with van der Waals surface area (Å²) in [5, 5.41) is 9.01. The molecule has 0 fully saturated rings. The summed E-state index contributed by atoms with van der Waals surface area (Å²) in [6, 6.07) is 14.6. The largest absolute Gasteiger partial charge is 0.335 e. The van der Waals surface area contributed by atoms with Crippen molar-refractivity contribution in [2.24, 2.45) is 0 Å². The number of nitrogens with two attached hydrogens (primary N) is 1. The molecular formula is C19H21FN4S.